The molecule has 1 aliphatic heterocycles. The van der Waals surface area contributed by atoms with E-state index in [0.717, 1.165) is 56.4 Å². The predicted octanol–water partition coefficient (Wildman–Crippen LogP) is 6.99. The zero-order valence-electron chi connectivity index (χ0n) is 24.5. The molecule has 222 valence electrons. The highest BCUT2D eigenvalue weighted by atomic mass is 16.6. The van der Waals surface area contributed by atoms with Crippen LogP contribution in [0.1, 0.15) is 80.9 Å². The van der Waals surface area contributed by atoms with Crippen molar-refractivity contribution in [3.63, 3.8) is 0 Å². The van der Waals surface area contributed by atoms with Gasteiger partial charge in [-0.2, -0.15) is 0 Å². The van der Waals surface area contributed by atoms with Crippen molar-refractivity contribution in [1.82, 2.24) is 4.90 Å². The van der Waals surface area contributed by atoms with E-state index in [2.05, 4.69) is 18.2 Å². The molecule has 1 saturated heterocycles. The number of fused-ring (bicyclic) bond motifs is 1. The minimum Gasteiger partial charge on any atom is -0.493 e. The number of carbonyl (C=O) groups is 2. The SMILES string of the molecule is O=C(OCc1ccccc1)N1CC[C@]23CCCC[C@H]2[C@H]1Cc1ccc(OCC2C4CC5CC(C4)CC2(C(=O)O)C5)cc13. The van der Waals surface area contributed by atoms with E-state index in [1.54, 1.807) is 0 Å². The van der Waals surface area contributed by atoms with Gasteiger partial charge in [0.15, 0.2) is 0 Å². The van der Waals surface area contributed by atoms with E-state index in [1.807, 2.05) is 35.2 Å². The summed E-state index contributed by atoms with van der Waals surface area (Å²) in [6, 6.07) is 16.7. The quantitative estimate of drug-likeness (QED) is 0.406. The molecular formula is C36H43NO5. The summed E-state index contributed by atoms with van der Waals surface area (Å²) >= 11 is 0. The van der Waals surface area contributed by atoms with Crippen molar-refractivity contribution < 1.29 is 24.2 Å². The first-order chi connectivity index (χ1) is 20.4. The molecule has 2 aromatic carbocycles. The van der Waals surface area contributed by atoms with Crippen LogP contribution in [0.2, 0.25) is 0 Å². The van der Waals surface area contributed by atoms with Crippen LogP contribution in [0.3, 0.4) is 0 Å². The van der Waals surface area contributed by atoms with Crippen molar-refractivity contribution in [1.29, 1.82) is 0 Å². The molecule has 6 atom stereocenters. The van der Waals surface area contributed by atoms with Gasteiger partial charge in [-0.05, 0) is 110 Å². The number of ether oxygens (including phenoxy) is 2. The number of nitrogens with zero attached hydrogens (tertiary/aromatic N) is 1. The van der Waals surface area contributed by atoms with Gasteiger partial charge in [-0.25, -0.2) is 4.79 Å². The molecule has 6 nitrogen and oxygen atoms in total. The number of hydrogen-bond acceptors (Lipinski definition) is 4. The maximum absolute atomic E-state index is 13.4. The second-order valence-electron chi connectivity index (χ2n) is 14.6. The number of likely N-dealkylation sites (tertiary alicyclic amines) is 1. The lowest BCUT2D eigenvalue weighted by molar-refractivity contribution is -0.180. The smallest absolute Gasteiger partial charge is 0.410 e. The Kier molecular flexibility index (Phi) is 6.35. The van der Waals surface area contributed by atoms with Crippen LogP contribution in [0, 0.1) is 35.0 Å². The second kappa shape index (κ2) is 10.0. The average Bonchev–Trinajstić information content (AvgIpc) is 3.00. The molecule has 5 saturated carbocycles. The van der Waals surface area contributed by atoms with Crippen LogP contribution in [-0.4, -0.2) is 41.3 Å². The summed E-state index contributed by atoms with van der Waals surface area (Å²) in [4.78, 5) is 28.0. The van der Waals surface area contributed by atoms with E-state index in [9.17, 15) is 14.7 Å². The molecule has 1 amide bonds. The van der Waals surface area contributed by atoms with Gasteiger partial charge in [0.05, 0.1) is 12.0 Å². The second-order valence-corrected chi connectivity index (χ2v) is 14.6. The third-order valence-corrected chi connectivity index (χ3v) is 12.6. The van der Waals surface area contributed by atoms with Crippen LogP contribution in [-0.2, 0) is 28.0 Å². The van der Waals surface area contributed by atoms with E-state index < -0.39 is 11.4 Å². The number of carboxylic acid groups (broad SMARTS) is 1. The molecule has 1 heterocycles. The summed E-state index contributed by atoms with van der Waals surface area (Å²) in [5.41, 5.74) is 3.26. The maximum atomic E-state index is 13.4. The van der Waals surface area contributed by atoms with E-state index in [0.29, 0.717) is 36.9 Å². The first-order valence-corrected chi connectivity index (χ1v) is 16.4. The molecule has 9 rings (SSSR count). The molecule has 2 aromatic rings. The fraction of sp³-hybridized carbons (Fsp3) is 0.611. The number of aliphatic carboxylic acids is 1. The number of carbonyl (C=O) groups excluding carboxylic acids is 1. The number of amides is 1. The van der Waals surface area contributed by atoms with E-state index in [4.69, 9.17) is 9.47 Å². The van der Waals surface area contributed by atoms with Crippen molar-refractivity contribution in [2.24, 2.45) is 35.0 Å². The van der Waals surface area contributed by atoms with E-state index >= 15 is 0 Å². The Hall–Kier alpha value is -3.02. The average molecular weight is 570 g/mol. The molecule has 6 heteroatoms. The number of rotatable bonds is 6. The lowest BCUT2D eigenvalue weighted by Crippen LogP contribution is -2.62. The highest BCUT2D eigenvalue weighted by Gasteiger charge is 2.61. The minimum absolute atomic E-state index is 0.0803. The van der Waals surface area contributed by atoms with Crippen LogP contribution < -0.4 is 4.74 Å². The summed E-state index contributed by atoms with van der Waals surface area (Å²) in [5.74, 6) is 2.51. The van der Waals surface area contributed by atoms with Gasteiger partial charge in [-0.15, -0.1) is 0 Å². The Bertz CT molecular complexity index is 1360. The minimum atomic E-state index is -0.593. The molecule has 42 heavy (non-hydrogen) atoms. The number of piperidine rings is 1. The van der Waals surface area contributed by atoms with Crippen molar-refractivity contribution in [2.45, 2.75) is 88.7 Å². The maximum Gasteiger partial charge on any atom is 0.410 e. The van der Waals surface area contributed by atoms with Gasteiger partial charge in [0, 0.05) is 23.9 Å². The van der Waals surface area contributed by atoms with Gasteiger partial charge >= 0.3 is 12.1 Å². The summed E-state index contributed by atoms with van der Waals surface area (Å²) in [6.07, 6.45) is 11.6. The lowest BCUT2D eigenvalue weighted by atomic mass is 9.45. The van der Waals surface area contributed by atoms with E-state index in [1.165, 1.54) is 43.2 Å². The monoisotopic (exact) mass is 569 g/mol. The van der Waals surface area contributed by atoms with Crippen LogP contribution in [0.15, 0.2) is 48.5 Å². The van der Waals surface area contributed by atoms with Gasteiger partial charge in [0.2, 0.25) is 0 Å². The molecule has 6 bridgehead atoms. The van der Waals surface area contributed by atoms with Crippen LogP contribution >= 0.6 is 0 Å². The summed E-state index contributed by atoms with van der Waals surface area (Å²) in [6.45, 7) is 1.55. The van der Waals surface area contributed by atoms with Crippen LogP contribution in [0.25, 0.3) is 0 Å². The third kappa shape index (κ3) is 4.11. The molecule has 0 spiro atoms. The highest BCUT2D eigenvalue weighted by Crippen LogP contribution is 2.63. The number of hydrogen-bond donors (Lipinski definition) is 1. The predicted molar refractivity (Wildman–Crippen MR) is 158 cm³/mol. The Labute approximate surface area is 248 Å². The highest BCUT2D eigenvalue weighted by molar-refractivity contribution is 5.76. The Morgan fingerprint density at radius 3 is 2.57 bits per heavy atom. The number of benzene rings is 2. The fourth-order valence-corrected chi connectivity index (χ4v) is 11.1. The number of carboxylic acids is 1. The van der Waals surface area contributed by atoms with Crippen LogP contribution in [0.4, 0.5) is 4.79 Å². The Morgan fingerprint density at radius 1 is 0.976 bits per heavy atom. The summed E-state index contributed by atoms with van der Waals surface area (Å²) in [7, 11) is 0. The van der Waals surface area contributed by atoms with Crippen molar-refractivity contribution in [3.8, 4) is 5.75 Å². The van der Waals surface area contributed by atoms with Crippen molar-refractivity contribution in [2.75, 3.05) is 13.2 Å². The summed E-state index contributed by atoms with van der Waals surface area (Å²) in [5, 5.41) is 10.4. The Balaban J connectivity index is 1.02. The van der Waals surface area contributed by atoms with E-state index in [-0.39, 0.29) is 23.5 Å². The fourth-order valence-electron chi connectivity index (χ4n) is 11.1. The molecule has 3 unspecified atom stereocenters. The first-order valence-electron chi connectivity index (χ1n) is 16.4. The lowest BCUT2D eigenvalue weighted by Gasteiger charge is -2.59. The molecule has 6 fully saturated rings. The van der Waals surface area contributed by atoms with Crippen LogP contribution in [0.5, 0.6) is 5.75 Å². The van der Waals surface area contributed by atoms with Gasteiger partial charge in [0.25, 0.3) is 0 Å². The van der Waals surface area contributed by atoms with Gasteiger partial charge in [-0.1, -0.05) is 49.2 Å². The standard InChI is InChI=1S/C36H43NO5/c38-33(39)36-19-24-14-25(20-36)16-27(15-24)31(36)22-41-28-10-9-26-17-32-29-8-4-5-11-35(29,30(26)18-28)12-13-37(32)34(40)42-21-23-6-2-1-3-7-23/h1-3,6-7,9-10,18,24-25,27,29,31-32H,4-5,8,11-17,19-22H2,(H,38,39)/t24?,25?,27?,29-,31?,32+,35+,36?/m0/s1. The topological polar surface area (TPSA) is 76.1 Å². The molecular weight excluding hydrogens is 526 g/mol. The zero-order valence-corrected chi connectivity index (χ0v) is 24.5. The Morgan fingerprint density at radius 2 is 1.79 bits per heavy atom. The van der Waals surface area contributed by atoms with Gasteiger partial charge in [-0.3, -0.25) is 4.79 Å². The zero-order chi connectivity index (χ0) is 28.5. The normalized spacial score (nSPS) is 37.5. The molecule has 0 radical (unpaired) electrons. The first kappa shape index (κ1) is 26.6. The van der Waals surface area contributed by atoms with Gasteiger partial charge < -0.3 is 19.5 Å². The molecule has 0 aromatic heterocycles. The molecule has 7 aliphatic rings. The summed E-state index contributed by atoms with van der Waals surface area (Å²) < 4.78 is 12.4. The third-order valence-electron chi connectivity index (χ3n) is 12.6. The largest absolute Gasteiger partial charge is 0.493 e. The van der Waals surface area contributed by atoms with Gasteiger partial charge in [0.1, 0.15) is 12.4 Å². The molecule has 1 N–H and O–H groups in total. The molecule has 6 aliphatic carbocycles. The van der Waals surface area contributed by atoms with Crippen molar-refractivity contribution in [3.05, 3.63) is 65.2 Å². The van der Waals surface area contributed by atoms with Crippen molar-refractivity contribution >= 4 is 12.1 Å².